The lowest BCUT2D eigenvalue weighted by Gasteiger charge is -2.16. The van der Waals surface area contributed by atoms with Crippen molar-refractivity contribution in [3.05, 3.63) is 11.9 Å². The second kappa shape index (κ2) is 8.73. The van der Waals surface area contributed by atoms with Crippen LogP contribution in [-0.2, 0) is 6.42 Å². The van der Waals surface area contributed by atoms with Crippen molar-refractivity contribution in [1.29, 1.82) is 0 Å². The fourth-order valence-corrected chi connectivity index (χ4v) is 2.11. The zero-order valence-electron chi connectivity index (χ0n) is 12.7. The number of anilines is 1. The number of nitrogens with zero attached hydrogens (tertiary/aromatic N) is 2. The third-order valence-corrected chi connectivity index (χ3v) is 3.04. The van der Waals surface area contributed by atoms with Crippen LogP contribution in [0.25, 0.3) is 0 Å². The summed E-state index contributed by atoms with van der Waals surface area (Å²) >= 11 is 0. The summed E-state index contributed by atoms with van der Waals surface area (Å²) in [6.07, 6.45) is 5.97. The van der Waals surface area contributed by atoms with Gasteiger partial charge in [-0.05, 0) is 25.7 Å². The monoisotopic (exact) mass is 265 g/mol. The van der Waals surface area contributed by atoms with E-state index < -0.39 is 0 Å². The summed E-state index contributed by atoms with van der Waals surface area (Å²) in [5.41, 5.74) is 1.11. The normalized spacial score (nSPS) is 12.2. The molecule has 0 spiro atoms. The molecule has 0 saturated carbocycles. The molecule has 0 aliphatic rings. The van der Waals surface area contributed by atoms with Crippen molar-refractivity contribution in [3.8, 4) is 5.88 Å². The third kappa shape index (κ3) is 5.05. The van der Waals surface area contributed by atoms with Gasteiger partial charge in [0.05, 0.1) is 12.2 Å². The second-order valence-electron chi connectivity index (χ2n) is 4.99. The summed E-state index contributed by atoms with van der Waals surface area (Å²) < 4.78 is 5.90. The van der Waals surface area contributed by atoms with E-state index in [1.807, 2.05) is 0 Å². The van der Waals surface area contributed by atoms with Crippen LogP contribution in [0.15, 0.2) is 6.33 Å². The van der Waals surface area contributed by atoms with Crippen molar-refractivity contribution in [2.75, 3.05) is 18.5 Å². The van der Waals surface area contributed by atoms with Crippen LogP contribution in [0.1, 0.15) is 52.5 Å². The first kappa shape index (κ1) is 15.7. The first-order chi connectivity index (χ1) is 9.22. The van der Waals surface area contributed by atoms with Gasteiger partial charge in [-0.1, -0.05) is 33.6 Å². The molecule has 1 aromatic heterocycles. The predicted molar refractivity (Wildman–Crippen MR) is 79.8 cm³/mol. The van der Waals surface area contributed by atoms with Gasteiger partial charge in [0.25, 0.3) is 0 Å². The Kier molecular flexibility index (Phi) is 7.23. The maximum absolute atomic E-state index is 5.90. The van der Waals surface area contributed by atoms with Gasteiger partial charge in [-0.2, -0.15) is 0 Å². The largest absolute Gasteiger partial charge is 0.477 e. The standard InChI is InChI=1S/C15H27N3O/c1-5-8-12(4)10-19-15-13(9-6-2)14(16-7-3)17-11-18-15/h11-12H,5-10H2,1-4H3,(H,16,17,18). The number of rotatable bonds is 9. The topological polar surface area (TPSA) is 47.0 Å². The van der Waals surface area contributed by atoms with Crippen LogP contribution in [-0.4, -0.2) is 23.1 Å². The van der Waals surface area contributed by atoms with E-state index in [1.165, 1.54) is 12.8 Å². The fourth-order valence-electron chi connectivity index (χ4n) is 2.11. The van der Waals surface area contributed by atoms with Crippen LogP contribution in [0.3, 0.4) is 0 Å². The molecule has 1 atom stereocenters. The summed E-state index contributed by atoms with van der Waals surface area (Å²) in [7, 11) is 0. The molecule has 1 unspecified atom stereocenters. The summed E-state index contributed by atoms with van der Waals surface area (Å²) in [5.74, 6) is 2.23. The molecule has 19 heavy (non-hydrogen) atoms. The molecule has 0 amide bonds. The van der Waals surface area contributed by atoms with E-state index in [4.69, 9.17) is 4.74 Å². The third-order valence-electron chi connectivity index (χ3n) is 3.04. The van der Waals surface area contributed by atoms with Gasteiger partial charge in [0.15, 0.2) is 0 Å². The van der Waals surface area contributed by atoms with Crippen molar-refractivity contribution >= 4 is 5.82 Å². The molecule has 0 aromatic carbocycles. The first-order valence-electron chi connectivity index (χ1n) is 7.43. The molecule has 0 radical (unpaired) electrons. The molecular weight excluding hydrogens is 238 g/mol. The van der Waals surface area contributed by atoms with Crippen molar-refractivity contribution < 1.29 is 4.74 Å². The lowest BCUT2D eigenvalue weighted by Crippen LogP contribution is -2.12. The Bertz CT molecular complexity index is 368. The van der Waals surface area contributed by atoms with Gasteiger partial charge in [0.1, 0.15) is 12.1 Å². The molecule has 4 heteroatoms. The molecule has 1 heterocycles. The lowest BCUT2D eigenvalue weighted by molar-refractivity contribution is 0.240. The van der Waals surface area contributed by atoms with Gasteiger partial charge in [-0.15, -0.1) is 0 Å². The highest BCUT2D eigenvalue weighted by Gasteiger charge is 2.12. The number of hydrogen-bond donors (Lipinski definition) is 1. The second-order valence-corrected chi connectivity index (χ2v) is 4.99. The maximum Gasteiger partial charge on any atom is 0.221 e. The quantitative estimate of drug-likeness (QED) is 0.740. The van der Waals surface area contributed by atoms with Crippen molar-refractivity contribution in [2.45, 2.75) is 53.4 Å². The van der Waals surface area contributed by atoms with E-state index in [9.17, 15) is 0 Å². The van der Waals surface area contributed by atoms with Gasteiger partial charge in [-0.3, -0.25) is 0 Å². The average molecular weight is 265 g/mol. The van der Waals surface area contributed by atoms with E-state index in [-0.39, 0.29) is 0 Å². The van der Waals surface area contributed by atoms with Crippen molar-refractivity contribution in [3.63, 3.8) is 0 Å². The highest BCUT2D eigenvalue weighted by Crippen LogP contribution is 2.24. The minimum absolute atomic E-state index is 0.567. The highest BCUT2D eigenvalue weighted by atomic mass is 16.5. The highest BCUT2D eigenvalue weighted by molar-refractivity contribution is 5.48. The minimum Gasteiger partial charge on any atom is -0.477 e. The Labute approximate surface area is 117 Å². The number of ether oxygens (including phenoxy) is 1. The molecule has 0 aliphatic heterocycles. The fraction of sp³-hybridized carbons (Fsp3) is 0.733. The molecule has 0 aliphatic carbocycles. The maximum atomic E-state index is 5.90. The van der Waals surface area contributed by atoms with Crippen molar-refractivity contribution in [1.82, 2.24) is 9.97 Å². The molecule has 1 rings (SSSR count). The molecule has 4 nitrogen and oxygen atoms in total. The van der Waals surface area contributed by atoms with Gasteiger partial charge >= 0.3 is 0 Å². The van der Waals surface area contributed by atoms with Crippen LogP contribution >= 0.6 is 0 Å². The van der Waals surface area contributed by atoms with Crippen molar-refractivity contribution in [2.24, 2.45) is 5.92 Å². The van der Waals surface area contributed by atoms with E-state index in [0.29, 0.717) is 5.92 Å². The number of aromatic nitrogens is 2. The van der Waals surface area contributed by atoms with Crippen LogP contribution in [0, 0.1) is 5.92 Å². The number of nitrogens with one attached hydrogen (secondary N) is 1. The van der Waals surface area contributed by atoms with Gasteiger partial charge in [0.2, 0.25) is 5.88 Å². The van der Waals surface area contributed by atoms with Crippen LogP contribution < -0.4 is 10.1 Å². The van der Waals surface area contributed by atoms with E-state index in [0.717, 1.165) is 43.3 Å². The smallest absolute Gasteiger partial charge is 0.221 e. The van der Waals surface area contributed by atoms with Gasteiger partial charge in [0, 0.05) is 6.54 Å². The molecule has 1 N–H and O–H groups in total. The molecule has 0 bridgehead atoms. The Morgan fingerprint density at radius 3 is 2.63 bits per heavy atom. The van der Waals surface area contributed by atoms with Gasteiger partial charge < -0.3 is 10.1 Å². The van der Waals surface area contributed by atoms with Crippen LogP contribution in [0.2, 0.25) is 0 Å². The summed E-state index contributed by atoms with van der Waals surface area (Å²) in [5, 5.41) is 3.28. The van der Waals surface area contributed by atoms with E-state index >= 15 is 0 Å². The molecular formula is C15H27N3O. The Morgan fingerprint density at radius 2 is 2.00 bits per heavy atom. The summed E-state index contributed by atoms with van der Waals surface area (Å²) in [6, 6.07) is 0. The summed E-state index contributed by atoms with van der Waals surface area (Å²) in [6.45, 7) is 10.2. The Morgan fingerprint density at radius 1 is 1.21 bits per heavy atom. The summed E-state index contributed by atoms with van der Waals surface area (Å²) in [4.78, 5) is 8.61. The Balaban J connectivity index is 2.77. The SMILES string of the molecule is CCCc1c(NCC)ncnc1OCC(C)CCC. The Hall–Kier alpha value is -1.32. The molecule has 108 valence electrons. The van der Waals surface area contributed by atoms with Gasteiger partial charge in [-0.25, -0.2) is 9.97 Å². The van der Waals surface area contributed by atoms with Crippen LogP contribution in [0.4, 0.5) is 5.82 Å². The average Bonchev–Trinajstić information content (AvgIpc) is 2.40. The van der Waals surface area contributed by atoms with E-state index in [1.54, 1.807) is 6.33 Å². The zero-order valence-corrected chi connectivity index (χ0v) is 12.7. The molecule has 0 saturated heterocycles. The molecule has 1 aromatic rings. The molecule has 0 fully saturated rings. The minimum atomic E-state index is 0.567. The zero-order chi connectivity index (χ0) is 14.1. The first-order valence-corrected chi connectivity index (χ1v) is 7.43. The number of hydrogen-bond acceptors (Lipinski definition) is 4. The van der Waals surface area contributed by atoms with E-state index in [2.05, 4.69) is 43.0 Å². The predicted octanol–water partition coefficient (Wildman–Crippen LogP) is 3.68. The van der Waals surface area contributed by atoms with Crippen LogP contribution in [0.5, 0.6) is 5.88 Å². The lowest BCUT2D eigenvalue weighted by atomic mass is 10.1.